The van der Waals surface area contributed by atoms with Crippen molar-refractivity contribution in [1.29, 1.82) is 0 Å². The standard InChI is InChI=1S/C7H15.3CH5N/c1-3-5-7-6-4-2;3*1-2/h1,3-7H2,2H3;3*2H2,1H3. The minimum absolute atomic E-state index is 1.11. The Bertz CT molecular complexity index is 29.4. The quantitative estimate of drug-likeness (QED) is 0.591. The lowest BCUT2D eigenvalue weighted by Gasteiger charge is -1.90. The Hall–Kier alpha value is -0.120. The van der Waals surface area contributed by atoms with Gasteiger partial charge in [-0.2, -0.15) is 0 Å². The lowest BCUT2D eigenvalue weighted by atomic mass is 10.2. The van der Waals surface area contributed by atoms with Gasteiger partial charge in [0.25, 0.3) is 0 Å². The van der Waals surface area contributed by atoms with Gasteiger partial charge in [-0.25, -0.2) is 0 Å². The smallest absolute Gasteiger partial charge is 0.0195 e. The lowest BCUT2D eigenvalue weighted by Crippen LogP contribution is -1.71. The molecule has 0 fully saturated rings. The van der Waals surface area contributed by atoms with Crippen molar-refractivity contribution in [2.24, 2.45) is 17.2 Å². The van der Waals surface area contributed by atoms with Crippen LogP contribution in [0.5, 0.6) is 0 Å². The van der Waals surface area contributed by atoms with E-state index in [1.807, 2.05) is 0 Å². The van der Waals surface area contributed by atoms with Gasteiger partial charge in [-0.05, 0) is 21.1 Å². The lowest BCUT2D eigenvalue weighted by molar-refractivity contribution is 0.673. The molecule has 0 aliphatic carbocycles. The Morgan fingerprint density at radius 2 is 1.15 bits per heavy atom. The van der Waals surface area contributed by atoms with Crippen LogP contribution in [0.2, 0.25) is 0 Å². The second-order valence-electron chi connectivity index (χ2n) is 1.91. The van der Waals surface area contributed by atoms with Crippen molar-refractivity contribution in [3.8, 4) is 0 Å². The van der Waals surface area contributed by atoms with Crippen LogP contribution in [0, 0.1) is 6.92 Å². The third-order valence-corrected chi connectivity index (χ3v) is 1.10. The van der Waals surface area contributed by atoms with E-state index in [1.165, 1.54) is 46.8 Å². The predicted molar refractivity (Wildman–Crippen MR) is 64.5 cm³/mol. The van der Waals surface area contributed by atoms with E-state index in [-0.39, 0.29) is 0 Å². The fourth-order valence-corrected chi connectivity index (χ4v) is 0.604. The SMILES string of the molecule is CN.CN.CN.[CH2]CCCCCC. The molecule has 0 saturated carbocycles. The minimum Gasteiger partial charge on any atom is -0.333 e. The third kappa shape index (κ3) is 77.0. The fourth-order valence-electron chi connectivity index (χ4n) is 0.604. The summed E-state index contributed by atoms with van der Waals surface area (Å²) in [6.07, 6.45) is 6.52. The minimum atomic E-state index is 1.11. The summed E-state index contributed by atoms with van der Waals surface area (Å²) >= 11 is 0. The van der Waals surface area contributed by atoms with Gasteiger partial charge < -0.3 is 17.2 Å². The first-order valence-corrected chi connectivity index (χ1v) is 4.94. The zero-order valence-corrected chi connectivity index (χ0v) is 9.97. The van der Waals surface area contributed by atoms with Crippen molar-refractivity contribution < 1.29 is 0 Å². The van der Waals surface area contributed by atoms with E-state index in [0.717, 1.165) is 6.42 Å². The molecule has 85 valence electrons. The van der Waals surface area contributed by atoms with Gasteiger partial charge in [0.1, 0.15) is 0 Å². The monoisotopic (exact) mass is 192 g/mol. The van der Waals surface area contributed by atoms with Gasteiger partial charge in [-0.1, -0.05) is 46.0 Å². The summed E-state index contributed by atoms with van der Waals surface area (Å²) in [5.74, 6) is 0. The van der Waals surface area contributed by atoms with Crippen LogP contribution in [0.4, 0.5) is 0 Å². The highest BCUT2D eigenvalue weighted by molar-refractivity contribution is 4.41. The highest BCUT2D eigenvalue weighted by Gasteiger charge is 1.80. The first-order chi connectivity index (χ1) is 6.41. The Kier molecular flexibility index (Phi) is 105. The van der Waals surface area contributed by atoms with E-state index in [1.54, 1.807) is 0 Å². The van der Waals surface area contributed by atoms with Gasteiger partial charge >= 0.3 is 0 Å². The van der Waals surface area contributed by atoms with Crippen LogP contribution in [0.3, 0.4) is 0 Å². The van der Waals surface area contributed by atoms with E-state index in [0.29, 0.717) is 0 Å². The zero-order valence-electron chi connectivity index (χ0n) is 9.97. The fraction of sp³-hybridized carbons (Fsp3) is 0.900. The van der Waals surface area contributed by atoms with Gasteiger partial charge in [0.05, 0.1) is 0 Å². The molecule has 0 unspecified atom stereocenters. The summed E-state index contributed by atoms with van der Waals surface area (Å²) in [4.78, 5) is 0. The van der Waals surface area contributed by atoms with Gasteiger partial charge in [-0.3, -0.25) is 0 Å². The van der Waals surface area contributed by atoms with Crippen LogP contribution in [0.25, 0.3) is 0 Å². The van der Waals surface area contributed by atoms with Crippen LogP contribution in [-0.2, 0) is 0 Å². The molecule has 0 aromatic heterocycles. The summed E-state index contributed by atoms with van der Waals surface area (Å²) in [5.41, 5.74) is 13.5. The Balaban J connectivity index is -0.0000000573. The van der Waals surface area contributed by atoms with Crippen molar-refractivity contribution in [2.75, 3.05) is 21.1 Å². The number of hydrogen-bond acceptors (Lipinski definition) is 3. The van der Waals surface area contributed by atoms with Crippen LogP contribution in [0.15, 0.2) is 0 Å². The molecule has 0 aliphatic heterocycles. The first kappa shape index (κ1) is 23.1. The number of rotatable bonds is 4. The maximum Gasteiger partial charge on any atom is -0.0195 e. The molecule has 0 amide bonds. The predicted octanol–water partition coefficient (Wildman–Crippen LogP) is 1.52. The summed E-state index contributed by atoms with van der Waals surface area (Å²) in [6.45, 7) is 5.98. The van der Waals surface area contributed by atoms with Crippen LogP contribution >= 0.6 is 0 Å². The summed E-state index contributed by atoms with van der Waals surface area (Å²) < 4.78 is 0. The van der Waals surface area contributed by atoms with Gasteiger partial charge in [0, 0.05) is 0 Å². The zero-order chi connectivity index (χ0) is 11.5. The topological polar surface area (TPSA) is 78.1 Å². The number of nitrogens with two attached hydrogens (primary N) is 3. The molecular weight excluding hydrogens is 162 g/mol. The molecule has 1 radical (unpaired) electrons. The van der Waals surface area contributed by atoms with Gasteiger partial charge in [0.15, 0.2) is 0 Å². The largest absolute Gasteiger partial charge is 0.333 e. The maximum absolute atomic E-state index is 4.50. The molecule has 0 atom stereocenters. The maximum atomic E-state index is 4.50. The van der Waals surface area contributed by atoms with Crippen molar-refractivity contribution in [1.82, 2.24) is 0 Å². The number of hydrogen-bond donors (Lipinski definition) is 3. The molecule has 0 aromatic rings. The normalized spacial score (nSPS) is 6.46. The molecule has 3 nitrogen and oxygen atoms in total. The highest BCUT2D eigenvalue weighted by atomic mass is 14.4. The van der Waals surface area contributed by atoms with E-state index in [9.17, 15) is 0 Å². The summed E-state index contributed by atoms with van der Waals surface area (Å²) in [6, 6.07) is 0. The van der Waals surface area contributed by atoms with E-state index < -0.39 is 0 Å². The van der Waals surface area contributed by atoms with Crippen LogP contribution in [-0.4, -0.2) is 21.1 Å². The second kappa shape index (κ2) is 59.1. The van der Waals surface area contributed by atoms with E-state index in [4.69, 9.17) is 0 Å². The molecule has 0 bridgehead atoms. The first-order valence-electron chi connectivity index (χ1n) is 4.94. The molecule has 0 heterocycles. The van der Waals surface area contributed by atoms with Crippen LogP contribution < -0.4 is 17.2 Å². The van der Waals surface area contributed by atoms with E-state index >= 15 is 0 Å². The van der Waals surface area contributed by atoms with Crippen molar-refractivity contribution in [3.05, 3.63) is 6.92 Å². The molecular formula is C10H30N3. The second-order valence-corrected chi connectivity index (χ2v) is 1.91. The van der Waals surface area contributed by atoms with Crippen molar-refractivity contribution in [3.63, 3.8) is 0 Å². The molecule has 6 N–H and O–H groups in total. The third-order valence-electron chi connectivity index (χ3n) is 1.10. The summed E-state index contributed by atoms with van der Waals surface area (Å²) in [5, 5.41) is 0. The average molecular weight is 192 g/mol. The molecule has 0 rings (SSSR count). The Morgan fingerprint density at radius 1 is 0.769 bits per heavy atom. The molecule has 0 saturated heterocycles. The average Bonchev–Trinajstić information content (AvgIpc) is 2.27. The molecule has 0 spiro atoms. The van der Waals surface area contributed by atoms with Gasteiger partial charge in [0.2, 0.25) is 0 Å². The molecule has 0 aromatic carbocycles. The van der Waals surface area contributed by atoms with Gasteiger partial charge in [-0.15, -0.1) is 0 Å². The molecule has 0 aliphatic rings. The Morgan fingerprint density at radius 3 is 1.38 bits per heavy atom. The van der Waals surface area contributed by atoms with Crippen molar-refractivity contribution in [2.45, 2.75) is 39.0 Å². The summed E-state index contributed by atoms with van der Waals surface area (Å²) in [7, 11) is 4.50. The van der Waals surface area contributed by atoms with Crippen molar-refractivity contribution >= 4 is 0 Å². The number of unbranched alkanes of at least 4 members (excludes halogenated alkanes) is 4. The molecule has 13 heavy (non-hydrogen) atoms. The highest BCUT2D eigenvalue weighted by Crippen LogP contribution is 1.99. The molecule has 3 heteroatoms. The van der Waals surface area contributed by atoms with E-state index in [2.05, 4.69) is 31.0 Å². The Labute approximate surface area is 85.1 Å². The van der Waals surface area contributed by atoms with Crippen LogP contribution in [0.1, 0.15) is 39.0 Å².